The van der Waals surface area contributed by atoms with Crippen molar-refractivity contribution in [3.8, 4) is 0 Å². The van der Waals surface area contributed by atoms with Gasteiger partial charge < -0.3 is 0 Å². The zero-order chi connectivity index (χ0) is 22.1. The van der Waals surface area contributed by atoms with Crippen molar-refractivity contribution in [3.05, 3.63) is 112 Å². The van der Waals surface area contributed by atoms with Crippen molar-refractivity contribution in [2.45, 2.75) is 17.1 Å². The summed E-state index contributed by atoms with van der Waals surface area (Å²) in [6.45, 7) is 0. The van der Waals surface area contributed by atoms with E-state index in [0.717, 1.165) is 20.9 Å². The summed E-state index contributed by atoms with van der Waals surface area (Å²) in [7, 11) is -3.57. The molecule has 1 aromatic heterocycles. The number of fused-ring (bicyclic) bond motifs is 2. The number of benzene rings is 4. The molecule has 5 rings (SSSR count). The largest absolute Gasteiger partial charge is 0.249 e. The van der Waals surface area contributed by atoms with Gasteiger partial charge >= 0.3 is 0 Å². The van der Waals surface area contributed by atoms with Crippen molar-refractivity contribution in [1.29, 1.82) is 0 Å². The van der Waals surface area contributed by atoms with Gasteiger partial charge in [-0.2, -0.15) is 0 Å². The number of hydrogen-bond donors (Lipinski definition) is 0. The fourth-order valence-electron chi connectivity index (χ4n) is 3.78. The average Bonchev–Trinajstić information content (AvgIpc) is 2.79. The van der Waals surface area contributed by atoms with Crippen LogP contribution in [-0.2, 0) is 22.0 Å². The number of para-hydroxylation sites is 2. The minimum atomic E-state index is -3.57. The second-order valence-electron chi connectivity index (χ2n) is 7.68. The molecular weight excluding hydrogens is 484 g/mol. The van der Waals surface area contributed by atoms with Gasteiger partial charge in [-0.15, -0.1) is 0 Å². The molecule has 0 radical (unpaired) electrons. The Hall–Kier alpha value is -3.09. The van der Waals surface area contributed by atoms with Gasteiger partial charge in [-0.05, 0) is 52.7 Å². The van der Waals surface area contributed by atoms with E-state index < -0.39 is 9.84 Å². The standard InChI is InChI=1S/C26H19BrN2O2S/c27-21-11-13-22(14-12-21)32(30,31)17-26-25(28-23-7-3-4-8-24(23)29-26)16-18-9-10-19-5-1-2-6-20(19)15-18/h1-15H,16-17H2. The zero-order valence-corrected chi connectivity index (χ0v) is 19.5. The van der Waals surface area contributed by atoms with Crippen LogP contribution in [0.15, 0.2) is 100 Å². The van der Waals surface area contributed by atoms with Gasteiger partial charge in [0, 0.05) is 10.9 Å². The highest BCUT2D eigenvalue weighted by Crippen LogP contribution is 2.24. The molecule has 0 bridgehead atoms. The van der Waals surface area contributed by atoms with Gasteiger partial charge in [-0.25, -0.2) is 18.4 Å². The molecule has 0 fully saturated rings. The molecule has 0 aliphatic heterocycles. The fraction of sp³-hybridized carbons (Fsp3) is 0.0769. The van der Waals surface area contributed by atoms with Gasteiger partial charge in [0.2, 0.25) is 0 Å². The lowest BCUT2D eigenvalue weighted by atomic mass is 10.0. The maximum absolute atomic E-state index is 13.1. The zero-order valence-electron chi connectivity index (χ0n) is 17.1. The fourth-order valence-corrected chi connectivity index (χ4v) is 5.35. The molecule has 1 heterocycles. The summed E-state index contributed by atoms with van der Waals surface area (Å²) in [4.78, 5) is 9.79. The van der Waals surface area contributed by atoms with Gasteiger partial charge in [0.15, 0.2) is 9.84 Å². The summed E-state index contributed by atoms with van der Waals surface area (Å²) < 4.78 is 27.1. The highest BCUT2D eigenvalue weighted by Gasteiger charge is 2.20. The van der Waals surface area contributed by atoms with Gasteiger partial charge in [-0.3, -0.25) is 0 Å². The first kappa shape index (κ1) is 20.8. The third-order valence-electron chi connectivity index (χ3n) is 5.41. The molecule has 32 heavy (non-hydrogen) atoms. The Kier molecular flexibility index (Phi) is 5.49. The Morgan fingerprint density at radius 2 is 1.31 bits per heavy atom. The second kappa shape index (κ2) is 8.45. The first-order chi connectivity index (χ1) is 15.5. The van der Waals surface area contributed by atoms with Gasteiger partial charge in [0.25, 0.3) is 0 Å². The molecule has 0 saturated heterocycles. The van der Waals surface area contributed by atoms with Crippen molar-refractivity contribution in [3.63, 3.8) is 0 Å². The minimum Gasteiger partial charge on any atom is -0.249 e. The molecule has 4 aromatic carbocycles. The third kappa shape index (κ3) is 4.29. The van der Waals surface area contributed by atoms with E-state index in [1.165, 1.54) is 5.39 Å². The van der Waals surface area contributed by atoms with E-state index in [0.29, 0.717) is 23.3 Å². The maximum Gasteiger partial charge on any atom is 0.184 e. The van der Waals surface area contributed by atoms with Crippen LogP contribution in [-0.4, -0.2) is 18.4 Å². The Bertz CT molecular complexity index is 1550. The summed E-state index contributed by atoms with van der Waals surface area (Å²) >= 11 is 3.35. The average molecular weight is 503 g/mol. The molecule has 0 aliphatic rings. The van der Waals surface area contributed by atoms with Crippen molar-refractivity contribution >= 4 is 47.6 Å². The first-order valence-electron chi connectivity index (χ1n) is 10.2. The highest BCUT2D eigenvalue weighted by atomic mass is 79.9. The van der Waals surface area contributed by atoms with E-state index in [1.54, 1.807) is 24.3 Å². The van der Waals surface area contributed by atoms with Crippen molar-refractivity contribution in [2.24, 2.45) is 0 Å². The van der Waals surface area contributed by atoms with E-state index in [4.69, 9.17) is 9.97 Å². The van der Waals surface area contributed by atoms with E-state index in [9.17, 15) is 8.42 Å². The van der Waals surface area contributed by atoms with Crippen LogP contribution in [0, 0.1) is 0 Å². The van der Waals surface area contributed by atoms with E-state index in [1.807, 2.05) is 36.4 Å². The Balaban J connectivity index is 1.57. The Morgan fingerprint density at radius 1 is 0.688 bits per heavy atom. The molecule has 4 nitrogen and oxygen atoms in total. The van der Waals surface area contributed by atoms with E-state index in [-0.39, 0.29) is 10.6 Å². The summed E-state index contributed by atoms with van der Waals surface area (Å²) in [6.07, 6.45) is 0.508. The molecule has 0 saturated carbocycles. The normalized spacial score (nSPS) is 11.8. The van der Waals surface area contributed by atoms with Crippen LogP contribution in [0.3, 0.4) is 0 Å². The minimum absolute atomic E-state index is 0.199. The second-order valence-corrected chi connectivity index (χ2v) is 10.6. The number of aromatic nitrogens is 2. The predicted octanol–water partition coefficient (Wildman–Crippen LogP) is 6.11. The van der Waals surface area contributed by atoms with Crippen LogP contribution >= 0.6 is 15.9 Å². The molecule has 0 atom stereocenters. The number of halogens is 1. The number of nitrogens with zero attached hydrogens (tertiary/aromatic N) is 2. The highest BCUT2D eigenvalue weighted by molar-refractivity contribution is 9.10. The van der Waals surface area contributed by atoms with Crippen LogP contribution in [0.4, 0.5) is 0 Å². The summed E-state index contributed by atoms with van der Waals surface area (Å²) in [5, 5.41) is 2.31. The molecule has 158 valence electrons. The lowest BCUT2D eigenvalue weighted by Crippen LogP contribution is -2.11. The molecule has 0 aliphatic carbocycles. The van der Waals surface area contributed by atoms with E-state index in [2.05, 4.69) is 46.3 Å². The van der Waals surface area contributed by atoms with Crippen molar-refractivity contribution in [1.82, 2.24) is 9.97 Å². The van der Waals surface area contributed by atoms with Crippen molar-refractivity contribution < 1.29 is 8.42 Å². The molecule has 0 N–H and O–H groups in total. The van der Waals surface area contributed by atoms with E-state index >= 15 is 0 Å². The monoisotopic (exact) mass is 502 g/mol. The lowest BCUT2D eigenvalue weighted by Gasteiger charge is -2.12. The molecular formula is C26H19BrN2O2S. The van der Waals surface area contributed by atoms with Crippen LogP contribution in [0.5, 0.6) is 0 Å². The number of rotatable bonds is 5. The number of sulfone groups is 1. The molecule has 5 aromatic rings. The third-order valence-corrected chi connectivity index (χ3v) is 7.58. The smallest absolute Gasteiger partial charge is 0.184 e. The predicted molar refractivity (Wildman–Crippen MR) is 131 cm³/mol. The first-order valence-corrected chi connectivity index (χ1v) is 12.6. The molecule has 0 unspecified atom stereocenters. The number of hydrogen-bond acceptors (Lipinski definition) is 4. The molecule has 0 spiro atoms. The van der Waals surface area contributed by atoms with Gasteiger partial charge in [0.05, 0.1) is 33.1 Å². The van der Waals surface area contributed by atoms with Gasteiger partial charge in [-0.1, -0.05) is 70.5 Å². The maximum atomic E-state index is 13.1. The summed E-state index contributed by atoms with van der Waals surface area (Å²) in [5.41, 5.74) is 3.68. The summed E-state index contributed by atoms with van der Waals surface area (Å²) in [6, 6.07) is 28.7. The van der Waals surface area contributed by atoms with Crippen LogP contribution < -0.4 is 0 Å². The van der Waals surface area contributed by atoms with Crippen LogP contribution in [0.1, 0.15) is 17.0 Å². The SMILES string of the molecule is O=S(=O)(Cc1nc2ccccc2nc1Cc1ccc2ccccc2c1)c1ccc(Br)cc1. The lowest BCUT2D eigenvalue weighted by molar-refractivity contribution is 0.594. The van der Waals surface area contributed by atoms with Gasteiger partial charge in [0.1, 0.15) is 0 Å². The Morgan fingerprint density at radius 3 is 2.03 bits per heavy atom. The molecule has 6 heteroatoms. The molecule has 0 amide bonds. The Labute approximate surface area is 195 Å². The quantitative estimate of drug-likeness (QED) is 0.290. The van der Waals surface area contributed by atoms with Crippen LogP contribution in [0.25, 0.3) is 21.8 Å². The van der Waals surface area contributed by atoms with Crippen LogP contribution in [0.2, 0.25) is 0 Å². The van der Waals surface area contributed by atoms with Crippen molar-refractivity contribution in [2.75, 3.05) is 0 Å². The topological polar surface area (TPSA) is 59.9 Å². The summed E-state index contributed by atoms with van der Waals surface area (Å²) in [5.74, 6) is -0.199.